The second kappa shape index (κ2) is 6.52. The first-order chi connectivity index (χ1) is 10.0. The van der Waals surface area contributed by atoms with E-state index in [9.17, 15) is 8.42 Å². The van der Waals surface area contributed by atoms with Gasteiger partial charge in [0.25, 0.3) is 0 Å². The highest BCUT2D eigenvalue weighted by atomic mass is 32.2. The van der Waals surface area contributed by atoms with E-state index in [0.717, 1.165) is 5.82 Å². The molecule has 110 valence electrons. The maximum absolute atomic E-state index is 12.1. The number of nitrogens with zero attached hydrogens (tertiary/aromatic N) is 3. The van der Waals surface area contributed by atoms with Crippen molar-refractivity contribution < 1.29 is 8.42 Å². The largest absolute Gasteiger partial charge is 0.337 e. The summed E-state index contributed by atoms with van der Waals surface area (Å²) in [4.78, 5) is 4.38. The average Bonchev–Trinajstić information content (AvgIpc) is 2.89. The first kappa shape index (κ1) is 15.2. The Morgan fingerprint density at radius 2 is 2.05 bits per heavy atom. The van der Waals surface area contributed by atoms with Crippen LogP contribution < -0.4 is 5.32 Å². The van der Waals surface area contributed by atoms with Crippen LogP contribution in [0.1, 0.15) is 11.4 Å². The maximum Gasteiger partial charge on any atom is 0.179 e. The molecule has 7 heteroatoms. The summed E-state index contributed by atoms with van der Waals surface area (Å²) in [5.74, 6) is 0.856. The van der Waals surface area contributed by atoms with E-state index in [2.05, 4.69) is 10.3 Å². The Kier molecular flexibility index (Phi) is 4.73. The van der Waals surface area contributed by atoms with E-state index in [-0.39, 0.29) is 10.6 Å². The second-order valence-electron chi connectivity index (χ2n) is 4.59. The van der Waals surface area contributed by atoms with Gasteiger partial charge < -0.3 is 9.88 Å². The molecule has 1 aromatic carbocycles. The molecule has 6 nitrogen and oxygen atoms in total. The standard InChI is InChI=1S/C14H16N4O2S/c1-18-8-6-17-14(18)11-16-7-9-21(19,20)13-4-2-12(10-15)3-5-13/h2-6,8,16H,7,9,11H2,1H3. The summed E-state index contributed by atoms with van der Waals surface area (Å²) in [6, 6.07) is 7.91. The van der Waals surface area contributed by atoms with Crippen molar-refractivity contribution in [1.29, 1.82) is 5.26 Å². The number of nitrogens with one attached hydrogen (secondary N) is 1. The third-order valence-electron chi connectivity index (χ3n) is 3.09. The third kappa shape index (κ3) is 3.90. The van der Waals surface area contributed by atoms with E-state index >= 15 is 0 Å². The zero-order chi connectivity index (χ0) is 15.3. The van der Waals surface area contributed by atoms with E-state index in [4.69, 9.17) is 5.26 Å². The summed E-state index contributed by atoms with van der Waals surface area (Å²) < 4.78 is 26.1. The molecule has 0 radical (unpaired) electrons. The summed E-state index contributed by atoms with van der Waals surface area (Å²) in [6.45, 7) is 0.863. The van der Waals surface area contributed by atoms with Gasteiger partial charge in [-0.15, -0.1) is 0 Å². The first-order valence-corrected chi connectivity index (χ1v) is 8.08. The van der Waals surface area contributed by atoms with Gasteiger partial charge in [-0.1, -0.05) is 0 Å². The predicted molar refractivity (Wildman–Crippen MR) is 78.1 cm³/mol. The SMILES string of the molecule is Cn1ccnc1CNCCS(=O)(=O)c1ccc(C#N)cc1. The van der Waals surface area contributed by atoms with Crippen LogP contribution in [-0.2, 0) is 23.4 Å². The fraction of sp³-hybridized carbons (Fsp3) is 0.286. The Morgan fingerprint density at radius 3 is 2.62 bits per heavy atom. The fourth-order valence-electron chi connectivity index (χ4n) is 1.83. The van der Waals surface area contributed by atoms with Crippen LogP contribution in [0.2, 0.25) is 0 Å². The quantitative estimate of drug-likeness (QED) is 0.800. The Balaban J connectivity index is 1.89. The molecular formula is C14H16N4O2S. The molecule has 0 fully saturated rings. The zero-order valence-electron chi connectivity index (χ0n) is 11.7. The first-order valence-electron chi connectivity index (χ1n) is 6.43. The van der Waals surface area contributed by atoms with Crippen molar-refractivity contribution in [2.24, 2.45) is 7.05 Å². The van der Waals surface area contributed by atoms with Crippen molar-refractivity contribution in [2.75, 3.05) is 12.3 Å². The van der Waals surface area contributed by atoms with Gasteiger partial charge in [0.2, 0.25) is 0 Å². The smallest absolute Gasteiger partial charge is 0.179 e. The van der Waals surface area contributed by atoms with Crippen molar-refractivity contribution in [3.8, 4) is 6.07 Å². The van der Waals surface area contributed by atoms with Gasteiger partial charge in [-0.05, 0) is 24.3 Å². The molecule has 0 unspecified atom stereocenters. The number of hydrogen-bond acceptors (Lipinski definition) is 5. The number of aryl methyl sites for hydroxylation is 1. The molecule has 0 saturated carbocycles. The molecule has 0 aliphatic heterocycles. The minimum absolute atomic E-state index is 0.00330. The zero-order valence-corrected chi connectivity index (χ0v) is 12.5. The summed E-state index contributed by atoms with van der Waals surface area (Å²) in [5, 5.41) is 11.8. The molecule has 21 heavy (non-hydrogen) atoms. The highest BCUT2D eigenvalue weighted by Crippen LogP contribution is 2.11. The molecule has 2 rings (SSSR count). The van der Waals surface area contributed by atoms with E-state index in [1.54, 1.807) is 6.20 Å². The van der Waals surface area contributed by atoms with Crippen molar-refractivity contribution in [2.45, 2.75) is 11.4 Å². The summed E-state index contributed by atoms with van der Waals surface area (Å²) in [6.07, 6.45) is 3.54. The minimum Gasteiger partial charge on any atom is -0.337 e. The van der Waals surface area contributed by atoms with Gasteiger partial charge in [0, 0.05) is 26.0 Å². The second-order valence-corrected chi connectivity index (χ2v) is 6.70. The number of aromatic nitrogens is 2. The summed E-state index contributed by atoms with van der Waals surface area (Å²) in [5.41, 5.74) is 0.446. The Bertz CT molecular complexity index is 742. The Labute approximate surface area is 124 Å². The van der Waals surface area contributed by atoms with Crippen LogP contribution in [-0.4, -0.2) is 30.3 Å². The number of sulfone groups is 1. The average molecular weight is 304 g/mol. The lowest BCUT2D eigenvalue weighted by Gasteiger charge is -2.06. The van der Waals surface area contributed by atoms with Crippen LogP contribution in [0.5, 0.6) is 0 Å². The van der Waals surface area contributed by atoms with Gasteiger partial charge in [-0.25, -0.2) is 13.4 Å². The molecule has 0 aliphatic rings. The normalized spacial score (nSPS) is 11.2. The van der Waals surface area contributed by atoms with E-state index in [1.165, 1.54) is 24.3 Å². The highest BCUT2D eigenvalue weighted by Gasteiger charge is 2.13. The molecule has 1 N–H and O–H groups in total. The van der Waals surface area contributed by atoms with Crippen LogP contribution in [0.15, 0.2) is 41.6 Å². The number of nitriles is 1. The van der Waals surface area contributed by atoms with E-state index in [0.29, 0.717) is 18.7 Å². The lowest BCUT2D eigenvalue weighted by molar-refractivity contribution is 0.588. The van der Waals surface area contributed by atoms with Gasteiger partial charge >= 0.3 is 0 Å². The monoisotopic (exact) mass is 304 g/mol. The van der Waals surface area contributed by atoms with Gasteiger partial charge in [0.05, 0.1) is 28.8 Å². The van der Waals surface area contributed by atoms with Crippen LogP contribution in [0.4, 0.5) is 0 Å². The summed E-state index contributed by atoms with van der Waals surface area (Å²) in [7, 11) is -1.45. The van der Waals surface area contributed by atoms with Gasteiger partial charge in [0.1, 0.15) is 5.82 Å². The number of rotatable bonds is 6. The van der Waals surface area contributed by atoms with Gasteiger partial charge in [-0.2, -0.15) is 5.26 Å². The van der Waals surface area contributed by atoms with E-state index in [1.807, 2.05) is 23.9 Å². The molecule has 0 spiro atoms. The molecule has 0 atom stereocenters. The van der Waals surface area contributed by atoms with E-state index < -0.39 is 9.84 Å². The van der Waals surface area contributed by atoms with Crippen molar-refractivity contribution in [3.63, 3.8) is 0 Å². The van der Waals surface area contributed by atoms with Crippen LogP contribution in [0.25, 0.3) is 0 Å². The third-order valence-corrected chi connectivity index (χ3v) is 4.83. The van der Waals surface area contributed by atoms with Crippen molar-refractivity contribution in [3.05, 3.63) is 48.0 Å². The minimum atomic E-state index is -3.34. The summed E-state index contributed by atoms with van der Waals surface area (Å²) >= 11 is 0. The molecule has 1 aromatic heterocycles. The van der Waals surface area contributed by atoms with Crippen molar-refractivity contribution >= 4 is 9.84 Å². The molecule has 0 aliphatic carbocycles. The van der Waals surface area contributed by atoms with Gasteiger partial charge in [-0.3, -0.25) is 0 Å². The molecule has 0 amide bonds. The molecule has 0 saturated heterocycles. The predicted octanol–water partition coefficient (Wildman–Crippen LogP) is 0.855. The molecule has 2 aromatic rings. The molecular weight excluding hydrogens is 288 g/mol. The fourth-order valence-corrected chi connectivity index (χ4v) is 3.03. The topological polar surface area (TPSA) is 87.8 Å². The van der Waals surface area contributed by atoms with Crippen LogP contribution in [0.3, 0.4) is 0 Å². The van der Waals surface area contributed by atoms with Crippen LogP contribution >= 0.6 is 0 Å². The van der Waals surface area contributed by atoms with Gasteiger partial charge in [0.15, 0.2) is 9.84 Å². The molecule has 1 heterocycles. The Morgan fingerprint density at radius 1 is 1.33 bits per heavy atom. The lowest BCUT2D eigenvalue weighted by Crippen LogP contribution is -2.24. The van der Waals surface area contributed by atoms with Crippen LogP contribution in [0, 0.1) is 11.3 Å². The Hall–Kier alpha value is -2.17. The number of benzene rings is 1. The maximum atomic E-state index is 12.1. The number of imidazole rings is 1. The highest BCUT2D eigenvalue weighted by molar-refractivity contribution is 7.91. The lowest BCUT2D eigenvalue weighted by atomic mass is 10.2. The number of hydrogen-bond donors (Lipinski definition) is 1. The van der Waals surface area contributed by atoms with Crippen molar-refractivity contribution in [1.82, 2.24) is 14.9 Å². The molecule has 0 bridgehead atoms.